The fraction of sp³-hybridized carbons (Fsp3) is 0.222. The molecule has 6 heteroatoms. The highest BCUT2D eigenvalue weighted by molar-refractivity contribution is 6.30. The second-order valence-electron chi connectivity index (χ2n) is 5.77. The predicted molar refractivity (Wildman–Crippen MR) is 95.8 cm³/mol. The molecule has 5 nitrogen and oxygen atoms in total. The number of pyridine rings is 1. The minimum Gasteiger partial charge on any atom is -0.422 e. The SMILES string of the molecule is O=c1oc2cc(N3CCNCC3)ccc2cc1-c1ccc(Cl)cn1. The van der Waals surface area contributed by atoms with Crippen LogP contribution >= 0.6 is 11.6 Å². The number of nitrogens with zero attached hydrogens (tertiary/aromatic N) is 2. The zero-order valence-corrected chi connectivity index (χ0v) is 13.7. The molecule has 1 aromatic carbocycles. The quantitative estimate of drug-likeness (QED) is 0.726. The molecule has 2 aromatic heterocycles. The minimum atomic E-state index is -0.394. The first kappa shape index (κ1) is 15.2. The Balaban J connectivity index is 1.76. The zero-order chi connectivity index (χ0) is 16.5. The first-order chi connectivity index (χ1) is 11.7. The van der Waals surface area contributed by atoms with Crippen LogP contribution in [0.2, 0.25) is 5.02 Å². The Kier molecular flexibility index (Phi) is 3.96. The van der Waals surface area contributed by atoms with Crippen molar-refractivity contribution in [3.8, 4) is 11.3 Å². The van der Waals surface area contributed by atoms with Crippen molar-refractivity contribution in [2.75, 3.05) is 31.1 Å². The molecule has 0 unspecified atom stereocenters. The number of halogens is 1. The molecule has 1 aliphatic rings. The van der Waals surface area contributed by atoms with Crippen LogP contribution in [0.5, 0.6) is 0 Å². The molecule has 0 radical (unpaired) electrons. The Hall–Kier alpha value is -2.37. The van der Waals surface area contributed by atoms with Gasteiger partial charge in [0.15, 0.2) is 0 Å². The number of aromatic nitrogens is 1. The minimum absolute atomic E-state index is 0.394. The summed E-state index contributed by atoms with van der Waals surface area (Å²) in [5.74, 6) is 0. The van der Waals surface area contributed by atoms with E-state index in [0.717, 1.165) is 37.3 Å². The second-order valence-corrected chi connectivity index (χ2v) is 6.20. The van der Waals surface area contributed by atoms with Crippen LogP contribution in [0.3, 0.4) is 0 Å². The van der Waals surface area contributed by atoms with Crippen LogP contribution in [0.15, 0.2) is 51.8 Å². The Bertz CT molecular complexity index is 931. The van der Waals surface area contributed by atoms with E-state index in [1.807, 2.05) is 18.2 Å². The number of anilines is 1. The molecular formula is C18H16ClN3O2. The number of hydrogen-bond acceptors (Lipinski definition) is 5. The molecule has 122 valence electrons. The van der Waals surface area contributed by atoms with Gasteiger partial charge in [0, 0.05) is 49.5 Å². The van der Waals surface area contributed by atoms with Crippen LogP contribution in [0.25, 0.3) is 22.2 Å². The summed E-state index contributed by atoms with van der Waals surface area (Å²) in [7, 11) is 0. The first-order valence-corrected chi connectivity index (χ1v) is 8.24. The largest absolute Gasteiger partial charge is 0.422 e. The van der Waals surface area contributed by atoms with E-state index in [9.17, 15) is 4.79 Å². The lowest BCUT2D eigenvalue weighted by Gasteiger charge is -2.29. The number of fused-ring (bicyclic) bond motifs is 1. The van der Waals surface area contributed by atoms with Gasteiger partial charge in [-0.3, -0.25) is 4.98 Å². The topological polar surface area (TPSA) is 58.4 Å². The summed E-state index contributed by atoms with van der Waals surface area (Å²) in [6.07, 6.45) is 1.52. The summed E-state index contributed by atoms with van der Waals surface area (Å²) in [4.78, 5) is 18.8. The van der Waals surface area contributed by atoms with E-state index in [0.29, 0.717) is 21.9 Å². The molecule has 3 heterocycles. The van der Waals surface area contributed by atoms with Crippen LogP contribution in [-0.4, -0.2) is 31.2 Å². The molecule has 24 heavy (non-hydrogen) atoms. The molecule has 0 amide bonds. The molecule has 0 bridgehead atoms. The van der Waals surface area contributed by atoms with Gasteiger partial charge < -0.3 is 14.6 Å². The predicted octanol–water partition coefficient (Wildman–Crippen LogP) is 2.92. The van der Waals surface area contributed by atoms with Crippen molar-refractivity contribution in [2.24, 2.45) is 0 Å². The molecule has 0 aliphatic carbocycles. The van der Waals surface area contributed by atoms with Gasteiger partial charge in [-0.15, -0.1) is 0 Å². The van der Waals surface area contributed by atoms with E-state index in [2.05, 4.69) is 21.3 Å². The third-order valence-corrected chi connectivity index (χ3v) is 4.43. The summed E-state index contributed by atoms with van der Waals surface area (Å²) in [6.45, 7) is 3.82. The summed E-state index contributed by atoms with van der Waals surface area (Å²) in [5, 5.41) is 4.74. The van der Waals surface area contributed by atoms with E-state index in [1.54, 1.807) is 12.1 Å². The molecule has 1 saturated heterocycles. The van der Waals surface area contributed by atoms with E-state index in [1.165, 1.54) is 6.20 Å². The number of rotatable bonds is 2. The van der Waals surface area contributed by atoms with Crippen molar-refractivity contribution in [1.29, 1.82) is 0 Å². The molecule has 1 fully saturated rings. The summed E-state index contributed by atoms with van der Waals surface area (Å²) in [5.41, 5.74) is 2.27. The van der Waals surface area contributed by atoms with Gasteiger partial charge in [-0.25, -0.2) is 4.79 Å². The smallest absolute Gasteiger partial charge is 0.345 e. The Morgan fingerprint density at radius 2 is 1.96 bits per heavy atom. The van der Waals surface area contributed by atoms with Gasteiger partial charge in [0.05, 0.1) is 16.3 Å². The number of hydrogen-bond donors (Lipinski definition) is 1. The van der Waals surface area contributed by atoms with Gasteiger partial charge in [0.2, 0.25) is 0 Å². The van der Waals surface area contributed by atoms with Crippen molar-refractivity contribution in [3.63, 3.8) is 0 Å². The maximum Gasteiger partial charge on any atom is 0.345 e. The highest BCUT2D eigenvalue weighted by atomic mass is 35.5. The number of benzene rings is 1. The van der Waals surface area contributed by atoms with Crippen LogP contribution in [0.4, 0.5) is 5.69 Å². The lowest BCUT2D eigenvalue weighted by molar-refractivity contribution is 0.561. The molecule has 1 aliphatic heterocycles. The third-order valence-electron chi connectivity index (χ3n) is 4.21. The fourth-order valence-corrected chi connectivity index (χ4v) is 3.05. The first-order valence-electron chi connectivity index (χ1n) is 7.86. The number of nitrogens with one attached hydrogen (secondary N) is 1. The monoisotopic (exact) mass is 341 g/mol. The van der Waals surface area contributed by atoms with E-state index >= 15 is 0 Å². The van der Waals surface area contributed by atoms with E-state index < -0.39 is 5.63 Å². The average Bonchev–Trinajstić information content (AvgIpc) is 2.62. The second kappa shape index (κ2) is 6.26. The number of piperazine rings is 1. The standard InChI is InChI=1S/C18H16ClN3O2/c19-13-2-4-16(21-11-13)15-9-12-1-3-14(10-17(12)24-18(15)23)22-7-5-20-6-8-22/h1-4,9-11,20H,5-8H2. The molecular weight excluding hydrogens is 326 g/mol. The van der Waals surface area contributed by atoms with Crippen molar-refractivity contribution in [2.45, 2.75) is 0 Å². The van der Waals surface area contributed by atoms with Crippen LogP contribution < -0.4 is 15.8 Å². The molecule has 4 rings (SSSR count). The highest BCUT2D eigenvalue weighted by Gasteiger charge is 2.13. The lowest BCUT2D eigenvalue weighted by Crippen LogP contribution is -2.43. The van der Waals surface area contributed by atoms with Gasteiger partial charge in [-0.1, -0.05) is 11.6 Å². The molecule has 0 atom stereocenters. The van der Waals surface area contributed by atoms with Crippen molar-refractivity contribution in [3.05, 3.63) is 58.0 Å². The molecule has 1 N–H and O–H groups in total. The van der Waals surface area contributed by atoms with E-state index in [-0.39, 0.29) is 0 Å². The molecule has 0 saturated carbocycles. The van der Waals surface area contributed by atoms with Gasteiger partial charge in [0.25, 0.3) is 0 Å². The average molecular weight is 342 g/mol. The van der Waals surface area contributed by atoms with Crippen molar-refractivity contribution < 1.29 is 4.42 Å². The summed E-state index contributed by atoms with van der Waals surface area (Å²) < 4.78 is 5.54. The molecule has 3 aromatic rings. The molecule has 0 spiro atoms. The normalized spacial score (nSPS) is 15.0. The Morgan fingerprint density at radius 3 is 2.71 bits per heavy atom. The third kappa shape index (κ3) is 2.88. The Labute approximate surface area is 143 Å². The van der Waals surface area contributed by atoms with Gasteiger partial charge in [-0.05, 0) is 30.3 Å². The van der Waals surface area contributed by atoms with E-state index in [4.69, 9.17) is 16.0 Å². The maximum atomic E-state index is 12.3. The van der Waals surface area contributed by atoms with Gasteiger partial charge >= 0.3 is 5.63 Å². The zero-order valence-electron chi connectivity index (χ0n) is 13.0. The van der Waals surface area contributed by atoms with Crippen LogP contribution in [-0.2, 0) is 0 Å². The summed E-state index contributed by atoms with van der Waals surface area (Å²) in [6, 6.07) is 11.2. The highest BCUT2D eigenvalue weighted by Crippen LogP contribution is 2.25. The van der Waals surface area contributed by atoms with Crippen molar-refractivity contribution in [1.82, 2.24) is 10.3 Å². The summed E-state index contributed by atoms with van der Waals surface area (Å²) >= 11 is 5.85. The fourth-order valence-electron chi connectivity index (χ4n) is 2.93. The van der Waals surface area contributed by atoms with Gasteiger partial charge in [-0.2, -0.15) is 0 Å². The van der Waals surface area contributed by atoms with Gasteiger partial charge in [0.1, 0.15) is 5.58 Å². The van der Waals surface area contributed by atoms with Crippen LogP contribution in [0, 0.1) is 0 Å². The maximum absolute atomic E-state index is 12.3. The lowest BCUT2D eigenvalue weighted by atomic mass is 10.1. The Morgan fingerprint density at radius 1 is 1.12 bits per heavy atom. The van der Waals surface area contributed by atoms with Crippen molar-refractivity contribution >= 4 is 28.3 Å². The van der Waals surface area contributed by atoms with Crippen LogP contribution in [0.1, 0.15) is 0 Å².